The number of aryl methyl sites for hydroxylation is 1. The Bertz CT molecular complexity index is 645. The number of nitrogens with one attached hydrogen (secondary N) is 2. The molecule has 0 fully saturated rings. The van der Waals surface area contributed by atoms with Crippen molar-refractivity contribution in [1.29, 1.82) is 0 Å². The summed E-state index contributed by atoms with van der Waals surface area (Å²) >= 11 is 1.16. The van der Waals surface area contributed by atoms with E-state index in [1.165, 1.54) is 0 Å². The van der Waals surface area contributed by atoms with Crippen molar-refractivity contribution >= 4 is 17.2 Å². The topological polar surface area (TPSA) is 88.0 Å². The number of primary amides is 1. The Balaban J connectivity index is 1.96. The Morgan fingerprint density at radius 1 is 1.42 bits per heavy atom. The van der Waals surface area contributed by atoms with Gasteiger partial charge < -0.3 is 16.0 Å². The van der Waals surface area contributed by atoms with Crippen LogP contribution in [0, 0.1) is 6.92 Å². The van der Waals surface area contributed by atoms with Crippen molar-refractivity contribution in [2.75, 3.05) is 0 Å². The van der Waals surface area contributed by atoms with Crippen LogP contribution in [0.5, 0.6) is 0 Å². The molecule has 6 heteroatoms. The van der Waals surface area contributed by atoms with Crippen LogP contribution in [0.4, 0.5) is 0 Å². The van der Waals surface area contributed by atoms with Crippen LogP contribution in [0.25, 0.3) is 0 Å². The van der Waals surface area contributed by atoms with E-state index in [1.54, 1.807) is 17.5 Å². The lowest BCUT2D eigenvalue weighted by molar-refractivity contribution is 0.1000. The number of carbonyl (C=O) groups is 1. The SMILES string of the molecule is Cc1cc(C(N)=O)ccc1CNCc1csc(=O)[nH]1. The van der Waals surface area contributed by atoms with E-state index < -0.39 is 5.91 Å². The Morgan fingerprint density at radius 3 is 2.79 bits per heavy atom. The number of hydrogen-bond acceptors (Lipinski definition) is 4. The highest BCUT2D eigenvalue weighted by Gasteiger charge is 2.04. The van der Waals surface area contributed by atoms with E-state index in [1.807, 2.05) is 13.0 Å². The average molecular weight is 277 g/mol. The summed E-state index contributed by atoms with van der Waals surface area (Å²) in [5.74, 6) is -0.418. The summed E-state index contributed by atoms with van der Waals surface area (Å²) in [6, 6.07) is 5.39. The van der Waals surface area contributed by atoms with Crippen molar-refractivity contribution in [2.45, 2.75) is 20.0 Å². The molecule has 5 nitrogen and oxygen atoms in total. The van der Waals surface area contributed by atoms with Gasteiger partial charge in [-0.15, -0.1) is 0 Å². The highest BCUT2D eigenvalue weighted by Crippen LogP contribution is 2.11. The maximum absolute atomic E-state index is 11.0. The van der Waals surface area contributed by atoms with E-state index in [0.717, 1.165) is 28.2 Å². The minimum atomic E-state index is -0.418. The predicted molar refractivity (Wildman–Crippen MR) is 75.2 cm³/mol. The monoisotopic (exact) mass is 277 g/mol. The second-order valence-electron chi connectivity index (χ2n) is 4.28. The molecule has 2 rings (SSSR count). The van der Waals surface area contributed by atoms with Gasteiger partial charge in [0, 0.05) is 29.7 Å². The number of H-pyrrole nitrogens is 1. The molecule has 0 unspecified atom stereocenters. The van der Waals surface area contributed by atoms with Gasteiger partial charge in [0.1, 0.15) is 0 Å². The zero-order chi connectivity index (χ0) is 13.8. The molecule has 0 aliphatic rings. The molecule has 1 heterocycles. The van der Waals surface area contributed by atoms with Crippen molar-refractivity contribution in [2.24, 2.45) is 5.73 Å². The van der Waals surface area contributed by atoms with Crippen LogP contribution in [0.3, 0.4) is 0 Å². The Morgan fingerprint density at radius 2 is 2.21 bits per heavy atom. The molecular weight excluding hydrogens is 262 g/mol. The molecule has 1 aromatic heterocycles. The van der Waals surface area contributed by atoms with Gasteiger partial charge in [-0.1, -0.05) is 17.4 Å². The quantitative estimate of drug-likeness (QED) is 0.765. The lowest BCUT2D eigenvalue weighted by Gasteiger charge is -2.08. The number of carbonyl (C=O) groups excluding carboxylic acids is 1. The number of amides is 1. The Hall–Kier alpha value is -1.92. The fraction of sp³-hybridized carbons (Fsp3) is 0.231. The van der Waals surface area contributed by atoms with Crippen LogP contribution in [-0.4, -0.2) is 10.9 Å². The van der Waals surface area contributed by atoms with Crippen molar-refractivity contribution in [3.63, 3.8) is 0 Å². The molecule has 100 valence electrons. The van der Waals surface area contributed by atoms with Crippen LogP contribution in [0.15, 0.2) is 28.4 Å². The fourth-order valence-electron chi connectivity index (χ4n) is 1.78. The molecule has 0 bridgehead atoms. The van der Waals surface area contributed by atoms with E-state index in [-0.39, 0.29) is 4.87 Å². The first-order valence-corrected chi connectivity index (χ1v) is 6.71. The summed E-state index contributed by atoms with van der Waals surface area (Å²) in [6.45, 7) is 3.22. The normalized spacial score (nSPS) is 10.6. The van der Waals surface area contributed by atoms with Gasteiger partial charge in [0.25, 0.3) is 0 Å². The third kappa shape index (κ3) is 3.52. The number of nitrogens with two attached hydrogens (primary N) is 1. The largest absolute Gasteiger partial charge is 0.366 e. The molecule has 0 saturated carbocycles. The molecular formula is C13H15N3O2S. The molecule has 0 saturated heterocycles. The number of thiazole rings is 1. The average Bonchev–Trinajstić information content (AvgIpc) is 2.77. The number of hydrogen-bond donors (Lipinski definition) is 3. The van der Waals surface area contributed by atoms with Crippen molar-refractivity contribution in [1.82, 2.24) is 10.3 Å². The fourth-order valence-corrected chi connectivity index (χ4v) is 2.36. The summed E-state index contributed by atoms with van der Waals surface area (Å²) in [5, 5.41) is 5.05. The van der Waals surface area contributed by atoms with Crippen LogP contribution >= 0.6 is 11.3 Å². The van der Waals surface area contributed by atoms with Gasteiger partial charge in [-0.05, 0) is 30.2 Å². The van der Waals surface area contributed by atoms with E-state index >= 15 is 0 Å². The predicted octanol–water partition coefficient (Wildman–Crippen LogP) is 1.13. The van der Waals surface area contributed by atoms with Crippen LogP contribution < -0.4 is 15.9 Å². The van der Waals surface area contributed by atoms with Gasteiger partial charge in [0.2, 0.25) is 5.91 Å². The van der Waals surface area contributed by atoms with E-state index in [4.69, 9.17) is 5.73 Å². The van der Waals surface area contributed by atoms with Crippen molar-refractivity contribution in [3.8, 4) is 0 Å². The highest BCUT2D eigenvalue weighted by molar-refractivity contribution is 7.07. The number of aromatic nitrogens is 1. The van der Waals surface area contributed by atoms with Crippen molar-refractivity contribution < 1.29 is 4.79 Å². The molecule has 0 radical (unpaired) electrons. The number of rotatable bonds is 5. The number of aromatic amines is 1. The molecule has 0 aliphatic heterocycles. The van der Waals surface area contributed by atoms with Crippen molar-refractivity contribution in [3.05, 3.63) is 55.6 Å². The molecule has 19 heavy (non-hydrogen) atoms. The van der Waals surface area contributed by atoms with E-state index in [9.17, 15) is 9.59 Å². The summed E-state index contributed by atoms with van der Waals surface area (Å²) in [6.07, 6.45) is 0. The molecule has 0 aliphatic carbocycles. The molecule has 2 aromatic rings. The third-order valence-corrected chi connectivity index (χ3v) is 3.55. The first-order valence-electron chi connectivity index (χ1n) is 5.83. The second-order valence-corrected chi connectivity index (χ2v) is 5.12. The second kappa shape index (κ2) is 5.81. The standard InChI is InChI=1S/C13H15N3O2S/c1-8-4-9(12(14)17)2-3-10(8)5-15-6-11-7-19-13(18)16-11/h2-4,7,15H,5-6H2,1H3,(H2,14,17)(H,16,18). The lowest BCUT2D eigenvalue weighted by Crippen LogP contribution is -2.15. The minimum absolute atomic E-state index is 0.0428. The summed E-state index contributed by atoms with van der Waals surface area (Å²) in [5.41, 5.74) is 8.73. The first kappa shape index (κ1) is 13.5. The molecule has 4 N–H and O–H groups in total. The maximum Gasteiger partial charge on any atom is 0.304 e. The smallest absolute Gasteiger partial charge is 0.304 e. The van der Waals surface area contributed by atoms with Crippen LogP contribution in [0.1, 0.15) is 27.2 Å². The Kier molecular flexibility index (Phi) is 4.13. The van der Waals surface area contributed by atoms with E-state index in [2.05, 4.69) is 10.3 Å². The van der Waals surface area contributed by atoms with Crippen LogP contribution in [-0.2, 0) is 13.1 Å². The van der Waals surface area contributed by atoms with Gasteiger partial charge in [-0.25, -0.2) is 0 Å². The van der Waals surface area contributed by atoms with E-state index in [0.29, 0.717) is 18.7 Å². The Labute approximate surface area is 114 Å². The van der Waals surface area contributed by atoms with Crippen LogP contribution in [0.2, 0.25) is 0 Å². The first-order chi connectivity index (χ1) is 9.06. The summed E-state index contributed by atoms with van der Waals surface area (Å²) in [7, 11) is 0. The zero-order valence-corrected chi connectivity index (χ0v) is 11.3. The van der Waals surface area contributed by atoms with Gasteiger partial charge >= 0.3 is 4.87 Å². The molecule has 1 aromatic carbocycles. The highest BCUT2D eigenvalue weighted by atomic mass is 32.1. The lowest BCUT2D eigenvalue weighted by atomic mass is 10.0. The third-order valence-electron chi connectivity index (χ3n) is 2.83. The summed E-state index contributed by atoms with van der Waals surface area (Å²) < 4.78 is 0. The van der Waals surface area contributed by atoms with Gasteiger partial charge in [0.15, 0.2) is 0 Å². The molecule has 0 atom stereocenters. The van der Waals surface area contributed by atoms with Gasteiger partial charge in [0.05, 0.1) is 0 Å². The van der Waals surface area contributed by atoms with Gasteiger partial charge in [-0.2, -0.15) is 0 Å². The zero-order valence-electron chi connectivity index (χ0n) is 10.5. The maximum atomic E-state index is 11.0. The minimum Gasteiger partial charge on any atom is -0.366 e. The molecule has 0 spiro atoms. The molecule has 1 amide bonds. The summed E-state index contributed by atoms with van der Waals surface area (Å²) in [4.78, 5) is 24.7. The van der Waals surface area contributed by atoms with Gasteiger partial charge in [-0.3, -0.25) is 9.59 Å². The number of benzene rings is 1.